The molecule has 1 amide bonds. The summed E-state index contributed by atoms with van der Waals surface area (Å²) >= 11 is 0. The Morgan fingerprint density at radius 1 is 1.10 bits per heavy atom. The second kappa shape index (κ2) is 6.58. The lowest BCUT2D eigenvalue weighted by Crippen LogP contribution is -2.40. The highest BCUT2D eigenvalue weighted by molar-refractivity contribution is 7.89. The molecule has 5 nitrogen and oxygen atoms in total. The number of sulfonamides is 1. The first-order valence-electron chi connectivity index (χ1n) is 6.92. The maximum absolute atomic E-state index is 12.5. The van der Waals surface area contributed by atoms with Gasteiger partial charge in [-0.25, -0.2) is 13.1 Å². The van der Waals surface area contributed by atoms with Crippen LogP contribution < -0.4 is 10.0 Å². The van der Waals surface area contributed by atoms with Gasteiger partial charge in [-0.05, 0) is 63.8 Å². The first-order valence-corrected chi connectivity index (χ1v) is 8.41. The van der Waals surface area contributed by atoms with E-state index in [1.54, 1.807) is 13.8 Å². The summed E-state index contributed by atoms with van der Waals surface area (Å²) in [4.78, 5) is 11.9. The number of rotatable bonds is 5. The molecule has 21 heavy (non-hydrogen) atoms. The minimum absolute atomic E-state index is 0.0216. The van der Waals surface area contributed by atoms with Gasteiger partial charge in [0.05, 0.1) is 11.4 Å². The minimum atomic E-state index is -3.71. The standard InChI is InChI=1S/C15H24N2O3S/c1-9(2)17-14(18)8-16-21(19,20)15-12(5)10(3)7-11(4)13(15)6/h7,9,16H,8H2,1-6H3,(H,17,18). The van der Waals surface area contributed by atoms with Crippen LogP contribution in [-0.4, -0.2) is 26.9 Å². The van der Waals surface area contributed by atoms with E-state index in [1.165, 1.54) is 0 Å². The van der Waals surface area contributed by atoms with Crippen molar-refractivity contribution in [3.63, 3.8) is 0 Å². The highest BCUT2D eigenvalue weighted by Crippen LogP contribution is 2.25. The zero-order valence-corrected chi connectivity index (χ0v) is 14.3. The van der Waals surface area contributed by atoms with Gasteiger partial charge in [0.2, 0.25) is 15.9 Å². The third kappa shape index (κ3) is 4.28. The molecule has 6 heteroatoms. The lowest BCUT2D eigenvalue weighted by Gasteiger charge is -2.16. The number of carbonyl (C=O) groups excluding carboxylic acids is 1. The summed E-state index contributed by atoms with van der Waals surface area (Å²) < 4.78 is 27.3. The molecular formula is C15H24N2O3S. The summed E-state index contributed by atoms with van der Waals surface area (Å²) in [7, 11) is -3.71. The van der Waals surface area contributed by atoms with Crippen molar-refractivity contribution in [2.45, 2.75) is 52.5 Å². The molecule has 0 radical (unpaired) electrons. The molecule has 0 unspecified atom stereocenters. The van der Waals surface area contributed by atoms with Crippen molar-refractivity contribution in [2.75, 3.05) is 6.54 Å². The molecule has 0 atom stereocenters. The van der Waals surface area contributed by atoms with Crippen molar-refractivity contribution in [3.8, 4) is 0 Å². The second-order valence-corrected chi connectivity index (χ2v) is 7.34. The number of hydrogen-bond donors (Lipinski definition) is 2. The van der Waals surface area contributed by atoms with Crippen LogP contribution in [0.25, 0.3) is 0 Å². The normalized spacial score (nSPS) is 11.8. The van der Waals surface area contributed by atoms with Crippen LogP contribution in [0.1, 0.15) is 36.1 Å². The van der Waals surface area contributed by atoms with Crippen LogP contribution in [-0.2, 0) is 14.8 Å². The van der Waals surface area contributed by atoms with Crippen LogP contribution in [0.4, 0.5) is 0 Å². The molecule has 0 spiro atoms. The molecule has 118 valence electrons. The van der Waals surface area contributed by atoms with E-state index in [9.17, 15) is 13.2 Å². The predicted octanol–water partition coefficient (Wildman–Crippen LogP) is 1.72. The Bertz CT molecular complexity index is 623. The molecule has 0 saturated carbocycles. The van der Waals surface area contributed by atoms with E-state index < -0.39 is 10.0 Å². The summed E-state index contributed by atoms with van der Waals surface area (Å²) in [6, 6.07) is 1.95. The lowest BCUT2D eigenvalue weighted by molar-refractivity contribution is -0.120. The fourth-order valence-electron chi connectivity index (χ4n) is 2.19. The van der Waals surface area contributed by atoms with E-state index in [-0.39, 0.29) is 23.4 Å². The molecule has 1 aromatic carbocycles. The molecule has 2 N–H and O–H groups in total. The molecule has 0 saturated heterocycles. The molecule has 0 aliphatic heterocycles. The van der Waals surface area contributed by atoms with Gasteiger partial charge in [-0.1, -0.05) is 6.07 Å². The van der Waals surface area contributed by atoms with Gasteiger partial charge in [-0.3, -0.25) is 4.79 Å². The van der Waals surface area contributed by atoms with Crippen molar-refractivity contribution in [2.24, 2.45) is 0 Å². The Morgan fingerprint density at radius 3 is 2.00 bits per heavy atom. The molecular weight excluding hydrogens is 288 g/mol. The minimum Gasteiger partial charge on any atom is -0.353 e. The maximum atomic E-state index is 12.5. The third-order valence-electron chi connectivity index (χ3n) is 3.44. The number of hydrogen-bond acceptors (Lipinski definition) is 3. The van der Waals surface area contributed by atoms with Crippen LogP contribution in [0.3, 0.4) is 0 Å². The quantitative estimate of drug-likeness (QED) is 0.869. The summed E-state index contributed by atoms with van der Waals surface area (Å²) in [6.07, 6.45) is 0. The van der Waals surface area contributed by atoms with Crippen LogP contribution in [0.2, 0.25) is 0 Å². The van der Waals surface area contributed by atoms with Crippen molar-refractivity contribution >= 4 is 15.9 Å². The van der Waals surface area contributed by atoms with E-state index in [2.05, 4.69) is 10.0 Å². The predicted molar refractivity (Wildman–Crippen MR) is 83.9 cm³/mol. The van der Waals surface area contributed by atoms with Crippen LogP contribution in [0.15, 0.2) is 11.0 Å². The van der Waals surface area contributed by atoms with E-state index >= 15 is 0 Å². The zero-order chi connectivity index (χ0) is 16.4. The van der Waals surface area contributed by atoms with E-state index in [0.717, 1.165) is 22.3 Å². The fraction of sp³-hybridized carbons (Fsp3) is 0.533. The highest BCUT2D eigenvalue weighted by atomic mass is 32.2. The smallest absolute Gasteiger partial charge is 0.241 e. The summed E-state index contributed by atoms with van der Waals surface area (Å²) in [5, 5.41) is 2.65. The van der Waals surface area contributed by atoms with Crippen molar-refractivity contribution in [1.82, 2.24) is 10.0 Å². The first-order chi connectivity index (χ1) is 9.56. The average Bonchev–Trinajstić information content (AvgIpc) is 2.33. The number of nitrogens with one attached hydrogen (secondary N) is 2. The van der Waals surface area contributed by atoms with Crippen molar-refractivity contribution in [3.05, 3.63) is 28.3 Å². The third-order valence-corrected chi connectivity index (χ3v) is 5.11. The van der Waals surface area contributed by atoms with Crippen molar-refractivity contribution in [1.29, 1.82) is 0 Å². The number of aryl methyl sites for hydroxylation is 2. The molecule has 0 aliphatic carbocycles. The van der Waals surface area contributed by atoms with Crippen LogP contribution in [0.5, 0.6) is 0 Å². The Hall–Kier alpha value is -1.40. The largest absolute Gasteiger partial charge is 0.353 e. The van der Waals surface area contributed by atoms with Gasteiger partial charge in [0, 0.05) is 6.04 Å². The highest BCUT2D eigenvalue weighted by Gasteiger charge is 2.22. The molecule has 1 rings (SSSR count). The lowest BCUT2D eigenvalue weighted by atomic mass is 10.0. The van der Waals surface area contributed by atoms with Crippen LogP contribution in [0, 0.1) is 27.7 Å². The summed E-state index contributed by atoms with van der Waals surface area (Å²) in [5.41, 5.74) is 3.28. The summed E-state index contributed by atoms with van der Waals surface area (Å²) in [5.74, 6) is -0.340. The van der Waals surface area contributed by atoms with E-state index in [4.69, 9.17) is 0 Å². The van der Waals surface area contributed by atoms with Gasteiger partial charge in [0.15, 0.2) is 0 Å². The van der Waals surface area contributed by atoms with Gasteiger partial charge < -0.3 is 5.32 Å². The van der Waals surface area contributed by atoms with E-state index in [0.29, 0.717) is 0 Å². The molecule has 0 heterocycles. The van der Waals surface area contributed by atoms with Gasteiger partial charge in [0.25, 0.3) is 0 Å². The Morgan fingerprint density at radius 2 is 1.57 bits per heavy atom. The van der Waals surface area contributed by atoms with Crippen LogP contribution >= 0.6 is 0 Å². The zero-order valence-electron chi connectivity index (χ0n) is 13.5. The molecule has 1 aromatic rings. The first kappa shape index (κ1) is 17.7. The summed E-state index contributed by atoms with van der Waals surface area (Å²) in [6.45, 7) is 10.7. The molecule has 0 aromatic heterocycles. The Kier molecular flexibility index (Phi) is 5.53. The average molecular weight is 312 g/mol. The maximum Gasteiger partial charge on any atom is 0.241 e. The monoisotopic (exact) mass is 312 g/mol. The van der Waals surface area contributed by atoms with Crippen molar-refractivity contribution < 1.29 is 13.2 Å². The Balaban J connectivity index is 3.07. The SMILES string of the molecule is Cc1cc(C)c(C)c(S(=O)(=O)NCC(=O)NC(C)C)c1C. The molecule has 0 fully saturated rings. The van der Waals surface area contributed by atoms with Gasteiger partial charge >= 0.3 is 0 Å². The second-order valence-electron chi connectivity index (χ2n) is 5.64. The van der Waals surface area contributed by atoms with Gasteiger partial charge in [-0.15, -0.1) is 0 Å². The van der Waals surface area contributed by atoms with Gasteiger partial charge in [-0.2, -0.15) is 0 Å². The number of amides is 1. The molecule has 0 bridgehead atoms. The topological polar surface area (TPSA) is 75.3 Å². The number of carbonyl (C=O) groups is 1. The number of benzene rings is 1. The Labute approximate surface area is 127 Å². The molecule has 0 aliphatic rings. The van der Waals surface area contributed by atoms with Gasteiger partial charge in [0.1, 0.15) is 0 Å². The fourth-order valence-corrected chi connectivity index (χ4v) is 3.78. The van der Waals surface area contributed by atoms with E-state index in [1.807, 2.05) is 33.8 Å².